The number of urea groups is 1. The van der Waals surface area contributed by atoms with Crippen LogP contribution in [0, 0.1) is 6.92 Å². The first-order valence-electron chi connectivity index (χ1n) is 8.21. The van der Waals surface area contributed by atoms with E-state index in [0.29, 0.717) is 23.7 Å². The fourth-order valence-electron chi connectivity index (χ4n) is 2.63. The summed E-state index contributed by atoms with van der Waals surface area (Å²) in [6, 6.07) is 12.2. The van der Waals surface area contributed by atoms with Crippen LogP contribution in [0.4, 0.5) is 4.79 Å². The van der Waals surface area contributed by atoms with Crippen molar-refractivity contribution in [3.8, 4) is 11.5 Å². The van der Waals surface area contributed by atoms with Crippen molar-refractivity contribution in [1.29, 1.82) is 0 Å². The molecule has 0 spiro atoms. The fraction of sp³-hybridized carbons (Fsp3) is 0.150. The number of rotatable bonds is 5. The van der Waals surface area contributed by atoms with E-state index in [9.17, 15) is 14.4 Å². The summed E-state index contributed by atoms with van der Waals surface area (Å²) in [6.07, 6.45) is 1.38. The average Bonchev–Trinajstić information content (AvgIpc) is 2.63. The van der Waals surface area contributed by atoms with Crippen LogP contribution in [0.1, 0.15) is 16.7 Å². The van der Waals surface area contributed by atoms with Crippen LogP contribution in [0.3, 0.4) is 0 Å². The quantitative estimate of drug-likeness (QED) is 0.626. The van der Waals surface area contributed by atoms with Gasteiger partial charge in [-0.1, -0.05) is 35.9 Å². The van der Waals surface area contributed by atoms with Gasteiger partial charge in [-0.05, 0) is 36.3 Å². The van der Waals surface area contributed by atoms with Gasteiger partial charge in [0.25, 0.3) is 11.8 Å². The highest BCUT2D eigenvalue weighted by atomic mass is 16.5. The SMILES string of the molecule is COc1cc(C=C2C(=O)NC(=O)NC2=O)ccc1OCc1cccc(C)c1. The van der Waals surface area contributed by atoms with Crippen LogP contribution >= 0.6 is 0 Å². The zero-order chi connectivity index (χ0) is 19.4. The molecule has 27 heavy (non-hydrogen) atoms. The molecule has 4 amide bonds. The minimum absolute atomic E-state index is 0.162. The molecular formula is C20H18N2O5. The summed E-state index contributed by atoms with van der Waals surface area (Å²) in [5.74, 6) is -0.497. The van der Waals surface area contributed by atoms with E-state index < -0.39 is 17.8 Å². The number of methoxy groups -OCH3 is 1. The zero-order valence-corrected chi connectivity index (χ0v) is 14.9. The Morgan fingerprint density at radius 3 is 2.37 bits per heavy atom. The average molecular weight is 366 g/mol. The Kier molecular flexibility index (Phi) is 5.21. The molecule has 0 unspecified atom stereocenters. The van der Waals surface area contributed by atoms with Gasteiger partial charge in [-0.15, -0.1) is 0 Å². The molecule has 1 fully saturated rings. The summed E-state index contributed by atoms with van der Waals surface area (Å²) < 4.78 is 11.2. The number of barbiturate groups is 1. The molecule has 0 atom stereocenters. The third-order valence-electron chi connectivity index (χ3n) is 3.92. The molecule has 0 saturated carbocycles. The smallest absolute Gasteiger partial charge is 0.328 e. The van der Waals surface area contributed by atoms with Crippen LogP contribution < -0.4 is 20.1 Å². The maximum absolute atomic E-state index is 11.8. The lowest BCUT2D eigenvalue weighted by atomic mass is 10.1. The summed E-state index contributed by atoms with van der Waals surface area (Å²) in [5, 5.41) is 4.06. The Labute approximate surface area is 156 Å². The third-order valence-corrected chi connectivity index (χ3v) is 3.92. The monoisotopic (exact) mass is 366 g/mol. The van der Waals surface area contributed by atoms with Crippen LogP contribution in [0.5, 0.6) is 11.5 Å². The van der Waals surface area contributed by atoms with Crippen LogP contribution in [0.25, 0.3) is 6.08 Å². The van der Waals surface area contributed by atoms with Crippen LogP contribution in [0.2, 0.25) is 0 Å². The molecule has 2 aromatic carbocycles. The molecule has 0 aromatic heterocycles. The molecule has 0 radical (unpaired) electrons. The fourth-order valence-corrected chi connectivity index (χ4v) is 2.63. The lowest BCUT2D eigenvalue weighted by Gasteiger charge is -2.15. The number of hydrogen-bond acceptors (Lipinski definition) is 5. The number of hydrogen-bond donors (Lipinski definition) is 2. The number of nitrogens with one attached hydrogen (secondary N) is 2. The van der Waals surface area contributed by atoms with Gasteiger partial charge < -0.3 is 9.47 Å². The van der Waals surface area contributed by atoms with E-state index in [-0.39, 0.29) is 5.57 Å². The van der Waals surface area contributed by atoms with Crippen LogP contribution in [0.15, 0.2) is 48.0 Å². The predicted molar refractivity (Wildman–Crippen MR) is 98.2 cm³/mol. The predicted octanol–water partition coefficient (Wildman–Crippen LogP) is 2.33. The van der Waals surface area contributed by atoms with E-state index in [4.69, 9.17) is 9.47 Å². The molecule has 3 rings (SSSR count). The molecule has 2 N–H and O–H groups in total. The van der Waals surface area contributed by atoms with Crippen molar-refractivity contribution >= 4 is 23.9 Å². The van der Waals surface area contributed by atoms with E-state index in [1.54, 1.807) is 18.2 Å². The zero-order valence-electron chi connectivity index (χ0n) is 14.9. The number of amides is 4. The summed E-state index contributed by atoms with van der Waals surface area (Å²) in [5.41, 5.74) is 2.57. The molecule has 0 aliphatic carbocycles. The molecule has 138 valence electrons. The molecule has 1 aliphatic rings. The summed E-state index contributed by atoms with van der Waals surface area (Å²) in [7, 11) is 1.50. The van der Waals surface area contributed by atoms with E-state index in [0.717, 1.165) is 11.1 Å². The Bertz CT molecular complexity index is 927. The van der Waals surface area contributed by atoms with Gasteiger partial charge in [0.15, 0.2) is 11.5 Å². The lowest BCUT2D eigenvalue weighted by Crippen LogP contribution is -2.51. The highest BCUT2D eigenvalue weighted by Crippen LogP contribution is 2.30. The van der Waals surface area contributed by atoms with Crippen molar-refractivity contribution in [2.75, 3.05) is 7.11 Å². The number of aryl methyl sites for hydroxylation is 1. The molecule has 1 aliphatic heterocycles. The normalized spacial score (nSPS) is 13.7. The second-order valence-electron chi connectivity index (χ2n) is 5.98. The standard InChI is InChI=1S/C20H18N2O5/c1-12-4-3-5-14(8-12)11-27-16-7-6-13(10-17(16)26-2)9-15-18(23)21-20(25)22-19(15)24/h3-10H,11H2,1-2H3,(H2,21,22,23,24,25). The second-order valence-corrected chi connectivity index (χ2v) is 5.98. The largest absolute Gasteiger partial charge is 0.493 e. The highest BCUT2D eigenvalue weighted by molar-refractivity contribution is 6.31. The topological polar surface area (TPSA) is 93.7 Å². The van der Waals surface area contributed by atoms with Crippen molar-refractivity contribution in [2.45, 2.75) is 13.5 Å². The number of ether oxygens (including phenoxy) is 2. The van der Waals surface area contributed by atoms with Gasteiger partial charge in [-0.2, -0.15) is 0 Å². The van der Waals surface area contributed by atoms with Gasteiger partial charge in [0.1, 0.15) is 12.2 Å². The molecular weight excluding hydrogens is 348 g/mol. The molecule has 7 nitrogen and oxygen atoms in total. The van der Waals surface area contributed by atoms with E-state index in [2.05, 4.69) is 0 Å². The number of benzene rings is 2. The van der Waals surface area contributed by atoms with Gasteiger partial charge in [-0.3, -0.25) is 20.2 Å². The Balaban J connectivity index is 1.80. The van der Waals surface area contributed by atoms with Gasteiger partial charge in [0.2, 0.25) is 0 Å². The van der Waals surface area contributed by atoms with Crippen molar-refractivity contribution < 1.29 is 23.9 Å². The first kappa shape index (κ1) is 18.2. The molecule has 1 saturated heterocycles. The molecule has 2 aromatic rings. The summed E-state index contributed by atoms with van der Waals surface area (Å²) in [4.78, 5) is 34.7. The first-order valence-corrected chi connectivity index (χ1v) is 8.21. The van der Waals surface area contributed by atoms with Crippen molar-refractivity contribution in [3.63, 3.8) is 0 Å². The maximum Gasteiger partial charge on any atom is 0.328 e. The second kappa shape index (κ2) is 7.74. The van der Waals surface area contributed by atoms with Gasteiger partial charge in [0, 0.05) is 0 Å². The lowest BCUT2D eigenvalue weighted by molar-refractivity contribution is -0.123. The number of imide groups is 2. The maximum atomic E-state index is 11.8. The van der Waals surface area contributed by atoms with Crippen molar-refractivity contribution in [1.82, 2.24) is 10.6 Å². The molecule has 1 heterocycles. The Hall–Kier alpha value is -3.61. The van der Waals surface area contributed by atoms with Crippen molar-refractivity contribution in [3.05, 3.63) is 64.7 Å². The Morgan fingerprint density at radius 2 is 1.70 bits per heavy atom. The number of carbonyl (C=O) groups excluding carboxylic acids is 3. The summed E-state index contributed by atoms with van der Waals surface area (Å²) in [6.45, 7) is 2.39. The summed E-state index contributed by atoms with van der Waals surface area (Å²) >= 11 is 0. The third kappa shape index (κ3) is 4.33. The Morgan fingerprint density at radius 1 is 0.963 bits per heavy atom. The highest BCUT2D eigenvalue weighted by Gasteiger charge is 2.27. The van der Waals surface area contributed by atoms with Crippen LogP contribution in [-0.4, -0.2) is 25.0 Å². The van der Waals surface area contributed by atoms with Crippen molar-refractivity contribution in [2.24, 2.45) is 0 Å². The van der Waals surface area contributed by atoms with E-state index in [1.807, 2.05) is 41.8 Å². The van der Waals surface area contributed by atoms with Gasteiger partial charge in [0.05, 0.1) is 7.11 Å². The first-order chi connectivity index (χ1) is 13.0. The van der Waals surface area contributed by atoms with Gasteiger partial charge >= 0.3 is 6.03 Å². The van der Waals surface area contributed by atoms with E-state index in [1.165, 1.54) is 13.2 Å². The van der Waals surface area contributed by atoms with Crippen LogP contribution in [-0.2, 0) is 16.2 Å². The van der Waals surface area contributed by atoms with Gasteiger partial charge in [-0.25, -0.2) is 4.79 Å². The molecule has 0 bridgehead atoms. The molecule has 7 heteroatoms. The number of carbonyl (C=O) groups is 3. The minimum Gasteiger partial charge on any atom is -0.493 e. The minimum atomic E-state index is -0.834. The van der Waals surface area contributed by atoms with E-state index >= 15 is 0 Å².